The highest BCUT2D eigenvalue weighted by atomic mass is 35.5. The number of carbonyl (C=O) groups is 1. The quantitative estimate of drug-likeness (QED) is 0.757. The Balaban J connectivity index is 2.18. The summed E-state index contributed by atoms with van der Waals surface area (Å²) in [5.41, 5.74) is 0. The fourth-order valence-electron chi connectivity index (χ4n) is 1.91. The van der Waals surface area contributed by atoms with E-state index in [-0.39, 0.29) is 17.2 Å². The fourth-order valence-corrected chi connectivity index (χ4v) is 2.34. The van der Waals surface area contributed by atoms with Crippen molar-refractivity contribution in [2.75, 3.05) is 19.8 Å². The lowest BCUT2D eigenvalue weighted by molar-refractivity contribution is -0.127. The van der Waals surface area contributed by atoms with Gasteiger partial charge in [-0.15, -0.1) is 11.6 Å². The summed E-state index contributed by atoms with van der Waals surface area (Å²) in [6.07, 6.45) is 2.61. The zero-order valence-corrected chi connectivity index (χ0v) is 10.9. The van der Waals surface area contributed by atoms with Crippen LogP contribution in [0.1, 0.15) is 33.1 Å². The van der Waals surface area contributed by atoms with Gasteiger partial charge in [0.1, 0.15) is 0 Å². The monoisotopic (exact) mass is 247 g/mol. The Hall–Kier alpha value is -0.280. The van der Waals surface area contributed by atoms with Gasteiger partial charge in [-0.3, -0.25) is 4.79 Å². The van der Waals surface area contributed by atoms with Gasteiger partial charge in [0.25, 0.3) is 0 Å². The van der Waals surface area contributed by atoms with Gasteiger partial charge in [0.2, 0.25) is 5.91 Å². The van der Waals surface area contributed by atoms with Crippen LogP contribution in [0, 0.1) is 11.8 Å². The molecule has 94 valence electrons. The summed E-state index contributed by atoms with van der Waals surface area (Å²) >= 11 is 6.12. The second-order valence-electron chi connectivity index (χ2n) is 4.86. The van der Waals surface area contributed by atoms with Crippen LogP contribution in [0.5, 0.6) is 0 Å². The van der Waals surface area contributed by atoms with Crippen LogP contribution in [0.25, 0.3) is 0 Å². The largest absolute Gasteiger partial charge is 0.381 e. The average molecular weight is 248 g/mol. The van der Waals surface area contributed by atoms with Crippen LogP contribution < -0.4 is 5.32 Å². The molecule has 1 aliphatic heterocycles. The summed E-state index contributed by atoms with van der Waals surface area (Å²) in [5, 5.41) is 2.98. The number of hydrogen-bond acceptors (Lipinski definition) is 2. The molecule has 1 aliphatic rings. The molecule has 0 aliphatic carbocycles. The van der Waals surface area contributed by atoms with E-state index >= 15 is 0 Å². The van der Waals surface area contributed by atoms with Crippen molar-refractivity contribution in [1.82, 2.24) is 5.32 Å². The molecule has 1 N–H and O–H groups in total. The normalized spacial score (nSPS) is 19.8. The zero-order chi connectivity index (χ0) is 12.0. The van der Waals surface area contributed by atoms with Crippen molar-refractivity contribution in [2.24, 2.45) is 11.8 Å². The van der Waals surface area contributed by atoms with Crippen molar-refractivity contribution in [3.8, 4) is 0 Å². The predicted molar refractivity (Wildman–Crippen MR) is 65.6 cm³/mol. The first-order chi connectivity index (χ1) is 7.59. The van der Waals surface area contributed by atoms with Crippen LogP contribution >= 0.6 is 11.6 Å². The number of halogens is 1. The lowest BCUT2D eigenvalue weighted by Gasteiger charge is -2.22. The van der Waals surface area contributed by atoms with Crippen LogP contribution in [0.4, 0.5) is 0 Å². The smallest absolute Gasteiger partial charge is 0.223 e. The van der Waals surface area contributed by atoms with Crippen molar-refractivity contribution in [2.45, 2.75) is 38.5 Å². The van der Waals surface area contributed by atoms with E-state index in [0.29, 0.717) is 25.7 Å². The van der Waals surface area contributed by atoms with E-state index < -0.39 is 0 Å². The van der Waals surface area contributed by atoms with Gasteiger partial charge in [-0.2, -0.15) is 0 Å². The van der Waals surface area contributed by atoms with E-state index in [9.17, 15) is 4.79 Å². The maximum Gasteiger partial charge on any atom is 0.223 e. The standard InChI is InChI=1S/C12H22ClNO2/c1-9(2)7-11(13)8-14-12(15)10-3-5-16-6-4-10/h9-11H,3-8H2,1-2H3,(H,14,15). The lowest BCUT2D eigenvalue weighted by Crippen LogP contribution is -2.37. The number of alkyl halides is 1. The third-order valence-electron chi connectivity index (χ3n) is 2.82. The first kappa shape index (κ1) is 13.8. The van der Waals surface area contributed by atoms with Crippen molar-refractivity contribution >= 4 is 17.5 Å². The van der Waals surface area contributed by atoms with E-state index in [1.54, 1.807) is 0 Å². The third-order valence-corrected chi connectivity index (χ3v) is 3.15. The maximum absolute atomic E-state index is 11.8. The Morgan fingerprint density at radius 2 is 2.06 bits per heavy atom. The SMILES string of the molecule is CC(C)CC(Cl)CNC(=O)C1CCOCC1. The molecule has 1 saturated heterocycles. The van der Waals surface area contributed by atoms with E-state index in [1.807, 2.05) is 0 Å². The number of carbonyl (C=O) groups excluding carboxylic acids is 1. The molecule has 0 saturated carbocycles. The van der Waals surface area contributed by atoms with Gasteiger partial charge in [-0.05, 0) is 25.2 Å². The molecule has 4 heteroatoms. The number of amides is 1. The minimum absolute atomic E-state index is 0.0452. The molecule has 1 heterocycles. The molecular formula is C12H22ClNO2. The van der Waals surface area contributed by atoms with Gasteiger partial charge in [0.15, 0.2) is 0 Å². The Kier molecular flexibility index (Phi) is 6.14. The first-order valence-electron chi connectivity index (χ1n) is 6.09. The summed E-state index contributed by atoms with van der Waals surface area (Å²) in [6.45, 7) is 6.25. The van der Waals surface area contributed by atoms with Crippen LogP contribution in [0.15, 0.2) is 0 Å². The second-order valence-corrected chi connectivity index (χ2v) is 5.48. The molecule has 0 aromatic rings. The molecule has 0 radical (unpaired) electrons. The zero-order valence-electron chi connectivity index (χ0n) is 10.2. The molecule has 1 fully saturated rings. The highest BCUT2D eigenvalue weighted by Crippen LogP contribution is 2.15. The van der Waals surface area contributed by atoms with Crippen molar-refractivity contribution in [1.29, 1.82) is 0 Å². The van der Waals surface area contributed by atoms with Gasteiger partial charge in [-0.25, -0.2) is 0 Å². The lowest BCUT2D eigenvalue weighted by atomic mass is 9.99. The first-order valence-corrected chi connectivity index (χ1v) is 6.52. The van der Waals surface area contributed by atoms with Gasteiger partial charge in [-0.1, -0.05) is 13.8 Å². The summed E-state index contributed by atoms with van der Waals surface area (Å²) in [4.78, 5) is 11.8. The summed E-state index contributed by atoms with van der Waals surface area (Å²) < 4.78 is 5.22. The molecule has 1 amide bonds. The second kappa shape index (κ2) is 7.13. The van der Waals surface area contributed by atoms with Crippen LogP contribution in [-0.4, -0.2) is 31.0 Å². The minimum atomic E-state index is 0.0452. The van der Waals surface area contributed by atoms with Crippen molar-refractivity contribution in [3.63, 3.8) is 0 Å². The Morgan fingerprint density at radius 1 is 1.44 bits per heavy atom. The van der Waals surface area contributed by atoms with Crippen LogP contribution in [-0.2, 0) is 9.53 Å². The van der Waals surface area contributed by atoms with E-state index in [2.05, 4.69) is 19.2 Å². The minimum Gasteiger partial charge on any atom is -0.381 e. The topological polar surface area (TPSA) is 38.3 Å². The van der Waals surface area contributed by atoms with Crippen molar-refractivity contribution < 1.29 is 9.53 Å². The molecule has 16 heavy (non-hydrogen) atoms. The molecule has 1 atom stereocenters. The summed E-state index contributed by atoms with van der Waals surface area (Å²) in [6, 6.07) is 0. The predicted octanol–water partition coefficient (Wildman–Crippen LogP) is 2.18. The molecule has 0 aromatic carbocycles. The van der Waals surface area contributed by atoms with Crippen molar-refractivity contribution in [3.05, 3.63) is 0 Å². The molecular weight excluding hydrogens is 226 g/mol. The Bertz CT molecular complexity index is 215. The fraction of sp³-hybridized carbons (Fsp3) is 0.917. The highest BCUT2D eigenvalue weighted by Gasteiger charge is 2.21. The number of hydrogen-bond donors (Lipinski definition) is 1. The molecule has 3 nitrogen and oxygen atoms in total. The third kappa shape index (κ3) is 5.17. The van der Waals surface area contributed by atoms with Gasteiger partial charge < -0.3 is 10.1 Å². The molecule has 0 bridgehead atoms. The van der Waals surface area contributed by atoms with Gasteiger partial charge in [0.05, 0.1) is 5.38 Å². The van der Waals surface area contributed by atoms with Crippen LogP contribution in [0.2, 0.25) is 0 Å². The maximum atomic E-state index is 11.8. The van der Waals surface area contributed by atoms with Gasteiger partial charge in [0, 0.05) is 25.7 Å². The molecule has 1 rings (SSSR count). The van der Waals surface area contributed by atoms with E-state index in [4.69, 9.17) is 16.3 Å². The van der Waals surface area contributed by atoms with Crippen LogP contribution in [0.3, 0.4) is 0 Å². The number of ether oxygens (including phenoxy) is 1. The molecule has 0 spiro atoms. The summed E-state index contributed by atoms with van der Waals surface area (Å²) in [5.74, 6) is 0.830. The Morgan fingerprint density at radius 3 is 2.62 bits per heavy atom. The highest BCUT2D eigenvalue weighted by molar-refractivity contribution is 6.20. The van der Waals surface area contributed by atoms with E-state index in [1.165, 1.54) is 0 Å². The molecule has 0 aromatic heterocycles. The van der Waals surface area contributed by atoms with Gasteiger partial charge >= 0.3 is 0 Å². The average Bonchev–Trinajstić information content (AvgIpc) is 2.26. The number of rotatable bonds is 5. The summed E-state index contributed by atoms with van der Waals surface area (Å²) in [7, 11) is 0. The van der Waals surface area contributed by atoms with E-state index in [0.717, 1.165) is 19.3 Å². The molecule has 1 unspecified atom stereocenters. The Labute approximate surface area is 103 Å². The number of nitrogens with one attached hydrogen (secondary N) is 1.